The topological polar surface area (TPSA) is 20.3 Å². The summed E-state index contributed by atoms with van der Waals surface area (Å²) in [7, 11) is 5.47. The van der Waals surface area contributed by atoms with E-state index in [1.165, 1.54) is 0 Å². The van der Waals surface area contributed by atoms with Gasteiger partial charge in [-0.05, 0) is 6.92 Å². The normalized spacial score (nSPS) is 28.8. The fraction of sp³-hybridized carbons (Fsp3) is 0.800. The highest BCUT2D eigenvalue weighted by atomic mass is 32.2. The average molecular weight is 141 g/mol. The van der Waals surface area contributed by atoms with Gasteiger partial charge in [0, 0.05) is 11.6 Å². The molecule has 0 aromatic heterocycles. The molecule has 0 aromatic rings. The van der Waals surface area contributed by atoms with Crippen molar-refractivity contribution in [3.05, 3.63) is 0 Å². The molecule has 0 saturated carbocycles. The van der Waals surface area contributed by atoms with Crippen LogP contribution in [0.1, 0.15) is 6.92 Å². The Morgan fingerprint density at radius 1 is 1.89 bits per heavy atom. The molecule has 0 bridgehead atoms. The molecular formula is C5H8BNOS. The third-order valence-corrected chi connectivity index (χ3v) is 2.42. The van der Waals surface area contributed by atoms with Crippen molar-refractivity contribution in [2.24, 2.45) is 0 Å². The van der Waals surface area contributed by atoms with Crippen LogP contribution in [0.4, 0.5) is 0 Å². The maximum Gasteiger partial charge on any atom is 0.184 e. The van der Waals surface area contributed by atoms with E-state index in [-0.39, 0.29) is 11.8 Å². The molecule has 1 aliphatic heterocycles. The zero-order valence-corrected chi connectivity index (χ0v) is 6.15. The molecule has 1 atom stereocenters. The molecule has 1 fully saturated rings. The van der Waals surface area contributed by atoms with Crippen LogP contribution in [0.25, 0.3) is 0 Å². The molecule has 9 heavy (non-hydrogen) atoms. The first-order valence-corrected chi connectivity index (χ1v) is 3.97. The Bertz CT molecular complexity index is 130. The highest BCUT2D eigenvalue weighted by Crippen LogP contribution is 2.18. The van der Waals surface area contributed by atoms with Crippen molar-refractivity contribution in [2.45, 2.75) is 13.0 Å². The SMILES string of the molecule is [B]N1CSC[C@@H]1C(C)=O. The first kappa shape index (κ1) is 7.16. The quantitative estimate of drug-likeness (QED) is 0.480. The molecule has 0 amide bonds. The number of thioether (sulfide) groups is 1. The van der Waals surface area contributed by atoms with E-state index in [9.17, 15) is 4.79 Å². The third-order valence-electron chi connectivity index (χ3n) is 1.39. The molecule has 2 nitrogen and oxygen atoms in total. The highest BCUT2D eigenvalue weighted by Gasteiger charge is 2.23. The molecule has 0 N–H and O–H groups in total. The van der Waals surface area contributed by atoms with E-state index in [1.807, 2.05) is 0 Å². The second-order valence-electron chi connectivity index (χ2n) is 2.14. The molecule has 1 rings (SSSR count). The van der Waals surface area contributed by atoms with Crippen molar-refractivity contribution < 1.29 is 4.79 Å². The fourth-order valence-electron chi connectivity index (χ4n) is 0.806. The standard InChI is InChI=1S/C5H8BNOS/c1-4(8)5-2-9-3-7(5)6/h5H,2-3H2,1H3/t5-/m1/s1. The largest absolute Gasteiger partial charge is 0.336 e. The van der Waals surface area contributed by atoms with Gasteiger partial charge in [0.05, 0.1) is 6.04 Å². The van der Waals surface area contributed by atoms with Crippen molar-refractivity contribution in [1.29, 1.82) is 0 Å². The minimum Gasteiger partial charge on any atom is -0.336 e. The van der Waals surface area contributed by atoms with Crippen LogP contribution in [0.15, 0.2) is 0 Å². The van der Waals surface area contributed by atoms with E-state index in [4.69, 9.17) is 7.98 Å². The van der Waals surface area contributed by atoms with Crippen LogP contribution < -0.4 is 0 Å². The lowest BCUT2D eigenvalue weighted by Gasteiger charge is -2.14. The maximum absolute atomic E-state index is 10.7. The Hall–Kier alpha value is 0.0449. The molecule has 0 aliphatic carbocycles. The summed E-state index contributed by atoms with van der Waals surface area (Å²) in [4.78, 5) is 12.3. The van der Waals surface area contributed by atoms with Crippen LogP contribution in [-0.2, 0) is 4.79 Å². The molecule has 0 spiro atoms. The molecule has 2 radical (unpaired) electrons. The van der Waals surface area contributed by atoms with Crippen LogP contribution in [0.3, 0.4) is 0 Å². The molecule has 0 unspecified atom stereocenters. The Kier molecular flexibility index (Phi) is 2.19. The van der Waals surface area contributed by atoms with E-state index in [2.05, 4.69) is 0 Å². The van der Waals surface area contributed by atoms with Crippen LogP contribution in [-0.4, -0.2) is 36.2 Å². The Morgan fingerprint density at radius 2 is 2.56 bits per heavy atom. The minimum absolute atomic E-state index is 0.0324. The van der Waals surface area contributed by atoms with E-state index in [0.29, 0.717) is 0 Å². The van der Waals surface area contributed by atoms with E-state index in [0.717, 1.165) is 11.6 Å². The summed E-state index contributed by atoms with van der Waals surface area (Å²) in [6.07, 6.45) is 0. The van der Waals surface area contributed by atoms with E-state index >= 15 is 0 Å². The van der Waals surface area contributed by atoms with Gasteiger partial charge in [0.2, 0.25) is 0 Å². The van der Waals surface area contributed by atoms with Crippen molar-refractivity contribution in [3.63, 3.8) is 0 Å². The zero-order chi connectivity index (χ0) is 6.85. The number of Topliss-reactive ketones (excluding diaryl/α,β-unsaturated/α-hetero) is 1. The van der Waals surface area contributed by atoms with Gasteiger partial charge in [0.25, 0.3) is 0 Å². The van der Waals surface area contributed by atoms with Gasteiger partial charge in [-0.15, -0.1) is 11.8 Å². The highest BCUT2D eigenvalue weighted by molar-refractivity contribution is 7.99. The number of carbonyl (C=O) groups is 1. The van der Waals surface area contributed by atoms with Crippen molar-refractivity contribution in [2.75, 3.05) is 11.6 Å². The summed E-state index contributed by atoms with van der Waals surface area (Å²) < 4.78 is 0. The number of rotatable bonds is 1. The van der Waals surface area contributed by atoms with Gasteiger partial charge in [-0.1, -0.05) is 0 Å². The van der Waals surface area contributed by atoms with Gasteiger partial charge in [0.15, 0.2) is 7.98 Å². The summed E-state index contributed by atoms with van der Waals surface area (Å²) >= 11 is 1.70. The lowest BCUT2D eigenvalue weighted by atomic mass is 10.1. The molecule has 0 aromatic carbocycles. The Morgan fingerprint density at radius 3 is 2.78 bits per heavy atom. The first-order valence-electron chi connectivity index (χ1n) is 2.81. The lowest BCUT2D eigenvalue weighted by Crippen LogP contribution is -2.34. The summed E-state index contributed by atoms with van der Waals surface area (Å²) in [6, 6.07) is -0.0324. The van der Waals surface area contributed by atoms with Crippen LogP contribution in [0.2, 0.25) is 0 Å². The predicted molar refractivity (Wildman–Crippen MR) is 39.4 cm³/mol. The van der Waals surface area contributed by atoms with Gasteiger partial charge >= 0.3 is 0 Å². The second kappa shape index (κ2) is 2.75. The Balaban J connectivity index is 2.49. The molecule has 4 heteroatoms. The van der Waals surface area contributed by atoms with Gasteiger partial charge in [-0.2, -0.15) is 0 Å². The summed E-state index contributed by atoms with van der Waals surface area (Å²) in [5, 5.41) is 0. The first-order chi connectivity index (χ1) is 4.22. The van der Waals surface area contributed by atoms with Crippen LogP contribution in [0, 0.1) is 0 Å². The summed E-state index contributed by atoms with van der Waals surface area (Å²) in [5.41, 5.74) is 0. The number of hydrogen-bond acceptors (Lipinski definition) is 3. The van der Waals surface area contributed by atoms with Gasteiger partial charge in [-0.3, -0.25) is 4.79 Å². The molecule has 48 valence electrons. The third kappa shape index (κ3) is 1.49. The van der Waals surface area contributed by atoms with Crippen molar-refractivity contribution >= 4 is 25.5 Å². The van der Waals surface area contributed by atoms with Crippen molar-refractivity contribution in [3.8, 4) is 0 Å². The second-order valence-corrected chi connectivity index (χ2v) is 3.14. The van der Waals surface area contributed by atoms with Crippen LogP contribution in [0.5, 0.6) is 0 Å². The number of nitrogens with zero attached hydrogens (tertiary/aromatic N) is 1. The molecule has 1 aliphatic rings. The number of hydrogen-bond donors (Lipinski definition) is 0. The Labute approximate surface area is 60.4 Å². The number of carbonyl (C=O) groups excluding carboxylic acids is 1. The monoisotopic (exact) mass is 141 g/mol. The predicted octanol–water partition coefficient (Wildman–Crippen LogP) is 0.0338. The summed E-state index contributed by atoms with van der Waals surface area (Å²) in [6.45, 7) is 1.58. The van der Waals surface area contributed by atoms with E-state index < -0.39 is 0 Å². The van der Waals surface area contributed by atoms with E-state index in [1.54, 1.807) is 23.5 Å². The van der Waals surface area contributed by atoms with Crippen molar-refractivity contribution in [1.82, 2.24) is 4.81 Å². The fourth-order valence-corrected chi connectivity index (χ4v) is 1.95. The van der Waals surface area contributed by atoms with Crippen LogP contribution >= 0.6 is 11.8 Å². The van der Waals surface area contributed by atoms with Gasteiger partial charge in [-0.25, -0.2) is 0 Å². The smallest absolute Gasteiger partial charge is 0.184 e. The maximum atomic E-state index is 10.7. The molecular weight excluding hydrogens is 133 g/mol. The minimum atomic E-state index is -0.0324. The average Bonchev–Trinajstić information content (AvgIpc) is 2.13. The lowest BCUT2D eigenvalue weighted by molar-refractivity contribution is -0.119. The summed E-state index contributed by atoms with van der Waals surface area (Å²) in [5.74, 6) is 1.80. The molecule has 1 saturated heterocycles. The van der Waals surface area contributed by atoms with Gasteiger partial charge < -0.3 is 4.81 Å². The number of ketones is 1. The molecule has 1 heterocycles. The van der Waals surface area contributed by atoms with Gasteiger partial charge in [0.1, 0.15) is 5.78 Å². The zero-order valence-electron chi connectivity index (χ0n) is 5.33.